The van der Waals surface area contributed by atoms with E-state index >= 15 is 0 Å². The number of hydrogen-bond donors (Lipinski definition) is 1. The van der Waals surface area contributed by atoms with E-state index in [1.165, 1.54) is 0 Å². The van der Waals surface area contributed by atoms with Gasteiger partial charge in [-0.15, -0.1) is 0 Å². The van der Waals surface area contributed by atoms with E-state index in [4.69, 9.17) is 0 Å². The Morgan fingerprint density at radius 2 is 1.79 bits per heavy atom. The molecule has 2 aromatic rings. The molecule has 0 aliphatic heterocycles. The highest BCUT2D eigenvalue weighted by molar-refractivity contribution is 9.11. The lowest BCUT2D eigenvalue weighted by Gasteiger charge is -2.10. The number of hydrogen-bond acceptors (Lipinski definition) is 1. The molecule has 0 aliphatic carbocycles. The maximum atomic E-state index is 12.3. The van der Waals surface area contributed by atoms with Crippen LogP contribution in [0.4, 0.5) is 5.69 Å². The maximum absolute atomic E-state index is 12.3. The van der Waals surface area contributed by atoms with Crippen LogP contribution in [-0.2, 0) is 0 Å². The van der Waals surface area contributed by atoms with Crippen molar-refractivity contribution >= 4 is 59.4 Å². The fraction of sp³-hybridized carbons (Fsp3) is 0.0714. The zero-order chi connectivity index (χ0) is 14.0. The maximum Gasteiger partial charge on any atom is 0.255 e. The normalized spacial score (nSPS) is 10.3. The van der Waals surface area contributed by atoms with E-state index in [0.717, 1.165) is 24.7 Å². The first-order valence-electron chi connectivity index (χ1n) is 5.50. The van der Waals surface area contributed by atoms with Crippen molar-refractivity contribution in [1.82, 2.24) is 0 Å². The van der Waals surface area contributed by atoms with Crippen molar-refractivity contribution in [2.75, 3.05) is 5.32 Å². The molecule has 0 saturated carbocycles. The summed E-state index contributed by atoms with van der Waals surface area (Å²) in [6, 6.07) is 11.2. The van der Waals surface area contributed by atoms with E-state index in [-0.39, 0.29) is 5.91 Å². The summed E-state index contributed by atoms with van der Waals surface area (Å²) in [5, 5.41) is 2.89. The molecule has 0 bridgehead atoms. The molecule has 0 radical (unpaired) electrons. The average molecular weight is 448 g/mol. The third-order valence-corrected chi connectivity index (χ3v) is 4.70. The predicted octanol–water partition coefficient (Wildman–Crippen LogP) is 5.53. The number of carbonyl (C=O) groups excluding carboxylic acids is 1. The van der Waals surface area contributed by atoms with Crippen LogP contribution in [0.25, 0.3) is 0 Å². The highest BCUT2D eigenvalue weighted by Gasteiger charge is 2.12. The number of rotatable bonds is 2. The molecule has 0 unspecified atom stereocenters. The molecule has 0 fully saturated rings. The third-order valence-electron chi connectivity index (χ3n) is 2.69. The van der Waals surface area contributed by atoms with Gasteiger partial charge in [0.1, 0.15) is 0 Å². The van der Waals surface area contributed by atoms with Gasteiger partial charge < -0.3 is 5.32 Å². The lowest BCUT2D eigenvalue weighted by molar-refractivity contribution is 0.102. The van der Waals surface area contributed by atoms with Crippen LogP contribution in [0.1, 0.15) is 15.9 Å². The quantitative estimate of drug-likeness (QED) is 0.643. The second-order valence-electron chi connectivity index (χ2n) is 3.99. The molecule has 2 nitrogen and oxygen atoms in total. The lowest BCUT2D eigenvalue weighted by atomic mass is 10.1. The second kappa shape index (κ2) is 6.20. The molecule has 5 heteroatoms. The third kappa shape index (κ3) is 3.46. The summed E-state index contributed by atoms with van der Waals surface area (Å²) in [7, 11) is 0. The highest BCUT2D eigenvalue weighted by Crippen LogP contribution is 2.27. The number of carbonyl (C=O) groups is 1. The van der Waals surface area contributed by atoms with Crippen LogP contribution in [0.3, 0.4) is 0 Å². The summed E-state index contributed by atoms with van der Waals surface area (Å²) in [6.45, 7) is 1.91. The Kier molecular flexibility index (Phi) is 4.81. The van der Waals surface area contributed by atoms with E-state index in [9.17, 15) is 4.79 Å². The van der Waals surface area contributed by atoms with Crippen LogP contribution in [0, 0.1) is 6.92 Å². The molecule has 0 spiro atoms. The summed E-state index contributed by atoms with van der Waals surface area (Å²) in [5.74, 6) is -0.123. The fourth-order valence-electron chi connectivity index (χ4n) is 1.63. The van der Waals surface area contributed by atoms with E-state index in [0.29, 0.717) is 5.56 Å². The van der Waals surface area contributed by atoms with Crippen molar-refractivity contribution in [3.63, 3.8) is 0 Å². The summed E-state index contributed by atoms with van der Waals surface area (Å²) in [4.78, 5) is 12.3. The van der Waals surface area contributed by atoms with Crippen molar-refractivity contribution in [1.29, 1.82) is 0 Å². The Bertz CT molecular complexity index is 641. The van der Waals surface area contributed by atoms with Gasteiger partial charge in [0.25, 0.3) is 5.91 Å². The zero-order valence-electron chi connectivity index (χ0n) is 10.0. The molecular formula is C14H10Br3NO. The first kappa shape index (κ1) is 14.8. The zero-order valence-corrected chi connectivity index (χ0v) is 14.8. The largest absolute Gasteiger partial charge is 0.321 e. The van der Waals surface area contributed by atoms with Gasteiger partial charge in [-0.1, -0.05) is 37.9 Å². The molecule has 2 rings (SSSR count). The predicted molar refractivity (Wildman–Crippen MR) is 88.7 cm³/mol. The van der Waals surface area contributed by atoms with Gasteiger partial charge in [0, 0.05) is 19.0 Å². The topological polar surface area (TPSA) is 29.1 Å². The van der Waals surface area contributed by atoms with Crippen molar-refractivity contribution < 1.29 is 4.79 Å². The molecule has 0 aliphatic rings. The summed E-state index contributed by atoms with van der Waals surface area (Å²) in [6.07, 6.45) is 0. The van der Waals surface area contributed by atoms with E-state index in [1.807, 2.05) is 43.3 Å². The van der Waals surface area contributed by atoms with Crippen LogP contribution in [-0.4, -0.2) is 5.91 Å². The summed E-state index contributed by atoms with van der Waals surface area (Å²) in [5.41, 5.74) is 2.32. The minimum atomic E-state index is -0.123. The van der Waals surface area contributed by atoms with E-state index in [1.54, 1.807) is 0 Å². The van der Waals surface area contributed by atoms with Gasteiger partial charge in [0.2, 0.25) is 0 Å². The summed E-state index contributed by atoms with van der Waals surface area (Å²) >= 11 is 10.2. The van der Waals surface area contributed by atoms with Gasteiger partial charge >= 0.3 is 0 Å². The van der Waals surface area contributed by atoms with Gasteiger partial charge in [-0.3, -0.25) is 4.79 Å². The van der Waals surface area contributed by atoms with Gasteiger partial charge in [-0.2, -0.15) is 0 Å². The smallest absolute Gasteiger partial charge is 0.255 e. The SMILES string of the molecule is Cc1c(Br)cccc1C(=O)Nc1ccc(Br)cc1Br. The number of anilines is 1. The molecule has 1 N–H and O–H groups in total. The molecule has 1 amide bonds. The molecule has 19 heavy (non-hydrogen) atoms. The standard InChI is InChI=1S/C14H10Br3NO/c1-8-10(3-2-4-11(8)16)14(19)18-13-6-5-9(15)7-12(13)17/h2-7H,1H3,(H,18,19). The average Bonchev–Trinajstić information content (AvgIpc) is 2.36. The highest BCUT2D eigenvalue weighted by atomic mass is 79.9. The number of amides is 1. The first-order valence-corrected chi connectivity index (χ1v) is 7.88. The Balaban J connectivity index is 2.28. The number of benzene rings is 2. The van der Waals surface area contributed by atoms with Gasteiger partial charge in [0.15, 0.2) is 0 Å². The Morgan fingerprint density at radius 1 is 1.05 bits per heavy atom. The monoisotopic (exact) mass is 445 g/mol. The Labute approximate surface area is 137 Å². The van der Waals surface area contributed by atoms with Crippen LogP contribution >= 0.6 is 47.8 Å². The van der Waals surface area contributed by atoms with Gasteiger partial charge in [-0.25, -0.2) is 0 Å². The van der Waals surface area contributed by atoms with Crippen molar-refractivity contribution in [3.8, 4) is 0 Å². The molecule has 0 heterocycles. The first-order chi connectivity index (χ1) is 8.99. The fourth-order valence-corrected chi connectivity index (χ4v) is 3.15. The molecule has 0 aromatic heterocycles. The number of halogens is 3. The van der Waals surface area contributed by atoms with E-state index < -0.39 is 0 Å². The van der Waals surface area contributed by atoms with Crippen LogP contribution in [0.5, 0.6) is 0 Å². The van der Waals surface area contributed by atoms with Crippen molar-refractivity contribution in [3.05, 3.63) is 60.9 Å². The molecule has 98 valence electrons. The minimum Gasteiger partial charge on any atom is -0.321 e. The van der Waals surface area contributed by atoms with Gasteiger partial charge in [-0.05, 0) is 58.7 Å². The van der Waals surface area contributed by atoms with Crippen LogP contribution in [0.2, 0.25) is 0 Å². The molecule has 2 aromatic carbocycles. The minimum absolute atomic E-state index is 0.123. The van der Waals surface area contributed by atoms with Crippen LogP contribution < -0.4 is 5.32 Å². The molecule has 0 saturated heterocycles. The summed E-state index contributed by atoms with van der Waals surface area (Å²) < 4.78 is 2.72. The van der Waals surface area contributed by atoms with Crippen LogP contribution in [0.15, 0.2) is 49.8 Å². The van der Waals surface area contributed by atoms with Crippen molar-refractivity contribution in [2.24, 2.45) is 0 Å². The Hall–Kier alpha value is -0.650. The second-order valence-corrected chi connectivity index (χ2v) is 6.62. The molecular weight excluding hydrogens is 438 g/mol. The molecule has 0 atom stereocenters. The Morgan fingerprint density at radius 3 is 2.47 bits per heavy atom. The van der Waals surface area contributed by atoms with E-state index in [2.05, 4.69) is 53.1 Å². The van der Waals surface area contributed by atoms with Gasteiger partial charge in [0.05, 0.1) is 5.69 Å². The lowest BCUT2D eigenvalue weighted by Crippen LogP contribution is -2.13. The van der Waals surface area contributed by atoms with Crippen molar-refractivity contribution in [2.45, 2.75) is 6.92 Å². The number of nitrogens with one attached hydrogen (secondary N) is 1.